The normalized spacial score (nSPS) is 11.4. The van der Waals surface area contributed by atoms with Crippen molar-refractivity contribution in [1.29, 1.82) is 0 Å². The molecule has 0 radical (unpaired) electrons. The zero-order valence-electron chi connectivity index (χ0n) is 13.0. The number of hydrogen-bond acceptors (Lipinski definition) is 6. The number of amides is 1. The molecule has 1 amide bonds. The van der Waals surface area contributed by atoms with E-state index in [0.29, 0.717) is 31.1 Å². The Hall–Kier alpha value is -2.22. The molecule has 0 aliphatic rings. The molecule has 0 atom stereocenters. The summed E-state index contributed by atoms with van der Waals surface area (Å²) < 4.78 is 5.11. The summed E-state index contributed by atoms with van der Waals surface area (Å²) in [4.78, 5) is 27.0. The molecule has 7 nitrogen and oxygen atoms in total. The van der Waals surface area contributed by atoms with Crippen molar-refractivity contribution in [2.24, 2.45) is 5.41 Å². The molecule has 0 saturated heterocycles. The number of carboxylic acids is 1. The molecule has 0 unspecified atom stereocenters. The van der Waals surface area contributed by atoms with Gasteiger partial charge in [0.2, 0.25) is 17.6 Å². The Kier molecular flexibility index (Phi) is 5.49. The number of carboxylic acid groups (broad SMARTS) is 1. The van der Waals surface area contributed by atoms with Gasteiger partial charge < -0.3 is 14.9 Å². The Morgan fingerprint density at radius 1 is 1.43 bits per heavy atom. The van der Waals surface area contributed by atoms with Crippen LogP contribution < -0.4 is 5.32 Å². The second-order valence-corrected chi connectivity index (χ2v) is 6.59. The second kappa shape index (κ2) is 7.36. The monoisotopic (exact) mass is 337 g/mol. The standard InChI is InChI=1S/C15H19N3O4S/c1-15(2,14(20)21)6-7-16-11(19)3-4-12-17-13(18-22-12)10-5-8-23-9-10/h5,8-9H,3-4,6-7H2,1-2H3,(H,16,19)(H,20,21). The fraction of sp³-hybridized carbons (Fsp3) is 0.467. The van der Waals surface area contributed by atoms with E-state index in [1.165, 1.54) is 0 Å². The summed E-state index contributed by atoms with van der Waals surface area (Å²) in [5.74, 6) is -0.114. The van der Waals surface area contributed by atoms with Gasteiger partial charge in [-0.2, -0.15) is 16.3 Å². The minimum absolute atomic E-state index is 0.165. The number of aryl methyl sites for hydroxylation is 1. The highest BCUT2D eigenvalue weighted by Gasteiger charge is 2.26. The van der Waals surface area contributed by atoms with E-state index in [-0.39, 0.29) is 12.3 Å². The van der Waals surface area contributed by atoms with Gasteiger partial charge in [0.25, 0.3) is 0 Å². The maximum absolute atomic E-state index is 11.8. The number of carbonyl (C=O) groups is 2. The lowest BCUT2D eigenvalue weighted by Crippen LogP contribution is -2.32. The molecule has 2 rings (SSSR count). The number of aliphatic carboxylic acids is 1. The maximum Gasteiger partial charge on any atom is 0.309 e. The van der Waals surface area contributed by atoms with Crippen LogP contribution in [0.15, 0.2) is 21.3 Å². The summed E-state index contributed by atoms with van der Waals surface area (Å²) in [5, 5.41) is 19.4. The number of aromatic nitrogens is 2. The van der Waals surface area contributed by atoms with Crippen LogP contribution in [0, 0.1) is 5.41 Å². The first kappa shape index (κ1) is 17.1. The van der Waals surface area contributed by atoms with Crippen molar-refractivity contribution < 1.29 is 19.2 Å². The van der Waals surface area contributed by atoms with E-state index in [4.69, 9.17) is 9.63 Å². The summed E-state index contributed by atoms with van der Waals surface area (Å²) in [6, 6.07) is 1.90. The Morgan fingerprint density at radius 2 is 2.22 bits per heavy atom. The van der Waals surface area contributed by atoms with E-state index in [9.17, 15) is 9.59 Å². The van der Waals surface area contributed by atoms with Gasteiger partial charge in [-0.15, -0.1) is 0 Å². The SMILES string of the molecule is CC(C)(CCNC(=O)CCc1nc(-c2ccsc2)no1)C(=O)O. The lowest BCUT2D eigenvalue weighted by molar-refractivity contribution is -0.147. The van der Waals surface area contributed by atoms with Crippen LogP contribution in [-0.2, 0) is 16.0 Å². The Labute approximate surface area is 137 Å². The van der Waals surface area contributed by atoms with Gasteiger partial charge in [0.1, 0.15) is 0 Å². The molecule has 0 fully saturated rings. The number of thiophene rings is 1. The fourth-order valence-electron chi connectivity index (χ4n) is 1.80. The van der Waals surface area contributed by atoms with Crippen molar-refractivity contribution in [3.8, 4) is 11.4 Å². The molecule has 0 aromatic carbocycles. The molecule has 0 aliphatic heterocycles. The quantitative estimate of drug-likeness (QED) is 0.766. The van der Waals surface area contributed by atoms with Gasteiger partial charge in [-0.25, -0.2) is 0 Å². The Balaban J connectivity index is 1.74. The third kappa shape index (κ3) is 4.88. The van der Waals surface area contributed by atoms with E-state index >= 15 is 0 Å². The van der Waals surface area contributed by atoms with Crippen LogP contribution in [0.25, 0.3) is 11.4 Å². The van der Waals surface area contributed by atoms with Crippen LogP contribution in [0.3, 0.4) is 0 Å². The van der Waals surface area contributed by atoms with Gasteiger partial charge in [0, 0.05) is 30.3 Å². The third-order valence-electron chi connectivity index (χ3n) is 3.46. The summed E-state index contributed by atoms with van der Waals surface area (Å²) in [7, 11) is 0. The van der Waals surface area contributed by atoms with E-state index < -0.39 is 11.4 Å². The number of rotatable bonds is 8. The molecule has 2 aromatic rings. The van der Waals surface area contributed by atoms with Crippen molar-refractivity contribution in [3.63, 3.8) is 0 Å². The van der Waals surface area contributed by atoms with Crippen LogP contribution in [-0.4, -0.2) is 33.7 Å². The highest BCUT2D eigenvalue weighted by molar-refractivity contribution is 7.08. The Bertz CT molecular complexity index is 664. The summed E-state index contributed by atoms with van der Waals surface area (Å²) in [6.45, 7) is 3.58. The highest BCUT2D eigenvalue weighted by Crippen LogP contribution is 2.20. The minimum Gasteiger partial charge on any atom is -0.481 e. The number of carbonyl (C=O) groups excluding carboxylic acids is 1. The van der Waals surface area contributed by atoms with Crippen molar-refractivity contribution in [2.45, 2.75) is 33.1 Å². The summed E-state index contributed by atoms with van der Waals surface area (Å²) in [5.41, 5.74) is 0.0419. The van der Waals surface area contributed by atoms with E-state index in [0.717, 1.165) is 5.56 Å². The third-order valence-corrected chi connectivity index (χ3v) is 4.15. The first-order valence-corrected chi connectivity index (χ1v) is 8.18. The molecule has 2 heterocycles. The second-order valence-electron chi connectivity index (χ2n) is 5.81. The molecule has 0 spiro atoms. The number of nitrogens with zero attached hydrogens (tertiary/aromatic N) is 2. The van der Waals surface area contributed by atoms with Gasteiger partial charge in [0.15, 0.2) is 0 Å². The molecule has 2 aromatic heterocycles. The topological polar surface area (TPSA) is 105 Å². The van der Waals surface area contributed by atoms with Crippen LogP contribution in [0.2, 0.25) is 0 Å². The van der Waals surface area contributed by atoms with Crippen LogP contribution in [0.1, 0.15) is 32.6 Å². The molecule has 124 valence electrons. The molecule has 0 saturated carbocycles. The van der Waals surface area contributed by atoms with Crippen molar-refractivity contribution in [1.82, 2.24) is 15.5 Å². The maximum atomic E-state index is 11.8. The first-order valence-electron chi connectivity index (χ1n) is 7.24. The van der Waals surface area contributed by atoms with Crippen molar-refractivity contribution >= 4 is 23.2 Å². The molecule has 8 heteroatoms. The molecular formula is C15H19N3O4S. The lowest BCUT2D eigenvalue weighted by atomic mass is 9.90. The molecule has 23 heavy (non-hydrogen) atoms. The van der Waals surface area contributed by atoms with Crippen molar-refractivity contribution in [2.75, 3.05) is 6.54 Å². The smallest absolute Gasteiger partial charge is 0.309 e. The molecule has 2 N–H and O–H groups in total. The van der Waals surface area contributed by atoms with Gasteiger partial charge in [0.05, 0.1) is 5.41 Å². The lowest BCUT2D eigenvalue weighted by Gasteiger charge is -2.18. The Morgan fingerprint density at radius 3 is 2.87 bits per heavy atom. The van der Waals surface area contributed by atoms with Gasteiger partial charge in [-0.05, 0) is 31.7 Å². The fourth-order valence-corrected chi connectivity index (χ4v) is 2.43. The van der Waals surface area contributed by atoms with Gasteiger partial charge >= 0.3 is 5.97 Å². The molecule has 0 bridgehead atoms. The van der Waals surface area contributed by atoms with Crippen molar-refractivity contribution in [3.05, 3.63) is 22.7 Å². The first-order chi connectivity index (χ1) is 10.9. The zero-order chi connectivity index (χ0) is 16.9. The van der Waals surface area contributed by atoms with E-state index in [1.807, 2.05) is 16.8 Å². The van der Waals surface area contributed by atoms with Crippen LogP contribution in [0.4, 0.5) is 0 Å². The minimum atomic E-state index is -0.876. The predicted octanol–water partition coefficient (Wildman–Crippen LogP) is 2.35. The summed E-state index contributed by atoms with van der Waals surface area (Å²) >= 11 is 1.55. The summed E-state index contributed by atoms with van der Waals surface area (Å²) in [6.07, 6.45) is 0.945. The van der Waals surface area contributed by atoms with Crippen LogP contribution in [0.5, 0.6) is 0 Å². The highest BCUT2D eigenvalue weighted by atomic mass is 32.1. The largest absolute Gasteiger partial charge is 0.481 e. The molecular weight excluding hydrogens is 318 g/mol. The predicted molar refractivity (Wildman–Crippen MR) is 85.0 cm³/mol. The van der Waals surface area contributed by atoms with E-state index in [1.54, 1.807) is 25.2 Å². The van der Waals surface area contributed by atoms with Gasteiger partial charge in [-0.1, -0.05) is 5.16 Å². The molecule has 0 aliphatic carbocycles. The average Bonchev–Trinajstić information content (AvgIpc) is 3.15. The zero-order valence-corrected chi connectivity index (χ0v) is 13.9. The van der Waals surface area contributed by atoms with E-state index in [2.05, 4.69) is 15.5 Å². The number of hydrogen-bond donors (Lipinski definition) is 2. The average molecular weight is 337 g/mol. The van der Waals surface area contributed by atoms with Gasteiger partial charge in [-0.3, -0.25) is 9.59 Å². The van der Waals surface area contributed by atoms with Crippen LogP contribution >= 0.6 is 11.3 Å². The number of nitrogens with one attached hydrogen (secondary N) is 1.